The van der Waals surface area contributed by atoms with Crippen LogP contribution in [0.3, 0.4) is 0 Å². The summed E-state index contributed by atoms with van der Waals surface area (Å²) in [5.41, 5.74) is 0. The van der Waals surface area contributed by atoms with Gasteiger partial charge in [-0.2, -0.15) is 70.8 Å². The molecule has 0 spiro atoms. The average molecular weight is 435 g/mol. The predicted molar refractivity (Wildman–Crippen MR) is 44.6 cm³/mol. The number of halogens is 17. The highest BCUT2D eigenvalue weighted by Crippen LogP contribution is 2.51. The molecule has 0 bridgehead atoms. The minimum absolute atomic E-state index is 3.87. The van der Waals surface area contributed by atoms with Gasteiger partial charge >= 0.3 is 36.4 Å². The molecule has 0 N–H and O–H groups in total. The maximum absolute atomic E-state index is 13.1. The molecule has 1 nitrogen and oxygen atoms in total. The Labute approximate surface area is 130 Å². The Morgan fingerprint density at radius 2 is 0.654 bits per heavy atom. The van der Waals surface area contributed by atoms with E-state index in [0.717, 1.165) is 0 Å². The highest BCUT2D eigenvalue weighted by molar-refractivity contribution is 4.96. The molecule has 26 heavy (non-hydrogen) atoms. The lowest BCUT2D eigenvalue weighted by atomic mass is 10.2. The van der Waals surface area contributed by atoms with Gasteiger partial charge in [-0.15, -0.1) is 0 Å². The highest BCUT2D eigenvalue weighted by Gasteiger charge is 2.78. The fourth-order valence-electron chi connectivity index (χ4n) is 1.17. The molecule has 0 amide bonds. The van der Waals surface area contributed by atoms with Crippen molar-refractivity contribution < 1.29 is 74.6 Å². The van der Waals surface area contributed by atoms with Crippen LogP contribution >= 0.6 is 0 Å². The third-order valence-electron chi connectivity index (χ3n) is 2.51. The Kier molecular flexibility index (Phi) is 6.13. The van der Waals surface area contributed by atoms with E-state index in [0.29, 0.717) is 0 Å². The zero-order valence-corrected chi connectivity index (χ0v) is 11.0. The van der Waals surface area contributed by atoms with Gasteiger partial charge < -0.3 is 0 Å². The van der Waals surface area contributed by atoms with E-state index < -0.39 is 53.9 Å². The second-order valence-electron chi connectivity index (χ2n) is 4.36. The molecule has 0 saturated heterocycles. The molecule has 18 heteroatoms. The summed E-state index contributed by atoms with van der Waals surface area (Å²) >= 11 is 0. The molecule has 158 valence electrons. The first-order chi connectivity index (χ1) is 10.9. The van der Waals surface area contributed by atoms with Crippen LogP contribution in [-0.4, -0.2) is 53.9 Å². The highest BCUT2D eigenvalue weighted by atomic mass is 19.4. The summed E-state index contributed by atoms with van der Waals surface area (Å²) in [7, 11) is 0. The van der Waals surface area contributed by atoms with Gasteiger partial charge in [0.05, 0.1) is 0 Å². The van der Waals surface area contributed by atoms with Gasteiger partial charge in [0.1, 0.15) is 0 Å². The van der Waals surface area contributed by atoms with Crippen LogP contribution in [0.1, 0.15) is 0 Å². The maximum atomic E-state index is 13.1. The van der Waals surface area contributed by atoms with E-state index in [2.05, 4.69) is 0 Å². The van der Waals surface area contributed by atoms with Gasteiger partial charge in [0, 0.05) is 0 Å². The first-order valence-corrected chi connectivity index (χ1v) is 5.34. The van der Waals surface area contributed by atoms with Crippen LogP contribution in [0.4, 0.5) is 74.6 Å². The Morgan fingerprint density at radius 3 is 0.808 bits per heavy atom. The summed E-state index contributed by atoms with van der Waals surface area (Å²) in [6.45, 7) is 0. The summed E-state index contributed by atoms with van der Waals surface area (Å²) in [4.78, 5) is -3.87. The molecular formula is C8H2F17N. The lowest BCUT2D eigenvalue weighted by molar-refractivity contribution is -0.428. The molecule has 0 fully saturated rings. The normalized spacial score (nSPS) is 18.2. The van der Waals surface area contributed by atoms with Crippen LogP contribution in [0.2, 0.25) is 0 Å². The molecule has 0 aliphatic carbocycles. The van der Waals surface area contributed by atoms with Gasteiger partial charge in [-0.1, -0.05) is 0 Å². The van der Waals surface area contributed by atoms with Crippen molar-refractivity contribution in [2.75, 3.05) is 0 Å². The van der Waals surface area contributed by atoms with Crippen molar-refractivity contribution in [1.29, 1.82) is 0 Å². The molecule has 0 rings (SSSR count). The Hall–Kier alpha value is -1.23. The number of hydrogen-bond donors (Lipinski definition) is 0. The van der Waals surface area contributed by atoms with Crippen LogP contribution in [0.15, 0.2) is 0 Å². The van der Waals surface area contributed by atoms with Crippen molar-refractivity contribution in [3.8, 4) is 0 Å². The Morgan fingerprint density at radius 1 is 0.423 bits per heavy atom. The summed E-state index contributed by atoms with van der Waals surface area (Å²) < 4.78 is 209. The summed E-state index contributed by atoms with van der Waals surface area (Å²) in [5.74, 6) is -14.8. The molecule has 0 aromatic rings. The van der Waals surface area contributed by atoms with Crippen molar-refractivity contribution >= 4 is 0 Å². The van der Waals surface area contributed by atoms with Crippen LogP contribution in [-0.2, 0) is 0 Å². The summed E-state index contributed by atoms with van der Waals surface area (Å²) in [6, 6.07) is -7.63. The topological polar surface area (TPSA) is 3.24 Å². The molecule has 0 radical (unpaired) electrons. The average Bonchev–Trinajstić information content (AvgIpc) is 2.33. The van der Waals surface area contributed by atoms with Crippen molar-refractivity contribution in [2.24, 2.45) is 0 Å². The third-order valence-corrected chi connectivity index (χ3v) is 2.51. The van der Waals surface area contributed by atoms with Crippen molar-refractivity contribution in [2.45, 2.75) is 49.0 Å². The molecule has 0 aliphatic heterocycles. The van der Waals surface area contributed by atoms with Crippen molar-refractivity contribution in [3.05, 3.63) is 0 Å². The van der Waals surface area contributed by atoms with Crippen LogP contribution in [0.25, 0.3) is 0 Å². The molecule has 0 aromatic carbocycles. The second-order valence-corrected chi connectivity index (χ2v) is 4.36. The lowest BCUT2D eigenvalue weighted by Crippen LogP contribution is -2.69. The minimum Gasteiger partial charge on any atom is -0.223 e. The number of hydrogen-bond acceptors (Lipinski definition) is 1. The number of nitrogens with zero attached hydrogens (tertiary/aromatic N) is 1. The number of rotatable bonds is 5. The Bertz CT molecular complexity index is 450. The van der Waals surface area contributed by atoms with E-state index >= 15 is 0 Å². The maximum Gasteiger partial charge on any atom is 0.469 e. The second kappa shape index (κ2) is 6.43. The predicted octanol–water partition coefficient (Wildman–Crippen LogP) is 5.43. The van der Waals surface area contributed by atoms with Gasteiger partial charge in [-0.05, 0) is 0 Å². The molecule has 2 unspecified atom stereocenters. The SMILES string of the molecule is FC(N(C(F)C(F)(F)C(F)(F)F)C(F)(F)C(F)(F)F)C(F)(F)C(F)(F)F. The van der Waals surface area contributed by atoms with E-state index in [4.69, 9.17) is 0 Å². The van der Waals surface area contributed by atoms with E-state index in [-0.39, 0.29) is 0 Å². The van der Waals surface area contributed by atoms with Gasteiger partial charge in [0.15, 0.2) is 0 Å². The summed E-state index contributed by atoms with van der Waals surface area (Å²) in [6.07, 6.45) is -34.9. The smallest absolute Gasteiger partial charge is 0.223 e. The molecule has 0 aliphatic rings. The van der Waals surface area contributed by atoms with Crippen LogP contribution in [0, 0.1) is 0 Å². The fourth-order valence-corrected chi connectivity index (χ4v) is 1.17. The van der Waals surface area contributed by atoms with Gasteiger partial charge in [0.2, 0.25) is 12.6 Å². The van der Waals surface area contributed by atoms with Gasteiger partial charge in [-0.25, -0.2) is 8.78 Å². The minimum atomic E-state index is -7.63. The van der Waals surface area contributed by atoms with Crippen LogP contribution in [0.5, 0.6) is 0 Å². The zero-order valence-electron chi connectivity index (χ0n) is 11.0. The first kappa shape index (κ1) is 24.8. The monoisotopic (exact) mass is 435 g/mol. The third kappa shape index (κ3) is 4.03. The van der Waals surface area contributed by atoms with E-state index in [9.17, 15) is 74.6 Å². The molecule has 0 saturated carbocycles. The zero-order chi connectivity index (χ0) is 21.7. The van der Waals surface area contributed by atoms with Gasteiger partial charge in [-0.3, -0.25) is 0 Å². The van der Waals surface area contributed by atoms with Gasteiger partial charge in [0.25, 0.3) is 0 Å². The standard InChI is InChI=1S/C8H2F17N/c9-1(3(11,12)5(15,16)17)26(8(24,25)7(21,22)23)2(10)4(13,14)6(18,19)20/h1-2H. The lowest BCUT2D eigenvalue weighted by Gasteiger charge is -2.41. The molecule has 0 heterocycles. The number of alkyl halides is 17. The molecule has 0 aromatic heterocycles. The summed E-state index contributed by atoms with van der Waals surface area (Å²) in [5, 5.41) is 0. The molecular weight excluding hydrogens is 433 g/mol. The van der Waals surface area contributed by atoms with Crippen molar-refractivity contribution in [1.82, 2.24) is 4.90 Å². The fraction of sp³-hybridized carbons (Fsp3) is 1.00. The van der Waals surface area contributed by atoms with E-state index in [1.165, 1.54) is 0 Å². The quantitative estimate of drug-likeness (QED) is 0.412. The van der Waals surface area contributed by atoms with Crippen LogP contribution < -0.4 is 0 Å². The largest absolute Gasteiger partial charge is 0.469 e. The van der Waals surface area contributed by atoms with E-state index in [1.807, 2.05) is 0 Å². The van der Waals surface area contributed by atoms with Crippen molar-refractivity contribution in [3.63, 3.8) is 0 Å². The first-order valence-electron chi connectivity index (χ1n) is 5.34. The molecule has 2 atom stereocenters. The Balaban J connectivity index is 6.54. The van der Waals surface area contributed by atoms with E-state index in [1.54, 1.807) is 0 Å².